The number of fused-ring (bicyclic) bond motifs is 2. The summed E-state index contributed by atoms with van der Waals surface area (Å²) in [6.45, 7) is 6.74. The summed E-state index contributed by atoms with van der Waals surface area (Å²) >= 11 is -5.75. The molecular weight excluding hydrogens is 658 g/mol. The average molecular weight is 692 g/mol. The van der Waals surface area contributed by atoms with Crippen molar-refractivity contribution in [2.45, 2.75) is 27.6 Å². The van der Waals surface area contributed by atoms with Crippen LogP contribution in [0.1, 0.15) is 43.4 Å². The van der Waals surface area contributed by atoms with Gasteiger partial charge >= 0.3 is 267 Å². The number of benzene rings is 5. The van der Waals surface area contributed by atoms with Crippen molar-refractivity contribution < 1.29 is 32.7 Å². The van der Waals surface area contributed by atoms with E-state index in [0.717, 1.165) is 11.1 Å². The number of halogens is 2. The van der Waals surface area contributed by atoms with Crippen LogP contribution in [0.25, 0.3) is 12.2 Å². The van der Waals surface area contributed by atoms with Gasteiger partial charge in [-0.15, -0.1) is 0 Å². The normalized spacial score (nSPS) is 17.2. The van der Waals surface area contributed by atoms with E-state index in [0.29, 0.717) is 11.5 Å². The third-order valence-electron chi connectivity index (χ3n) is 9.61. The van der Waals surface area contributed by atoms with Crippen molar-refractivity contribution in [3.05, 3.63) is 172 Å². The van der Waals surface area contributed by atoms with E-state index in [-0.39, 0.29) is 18.9 Å². The van der Waals surface area contributed by atoms with Crippen LogP contribution in [0.5, 0.6) is 11.5 Å². The van der Waals surface area contributed by atoms with E-state index in [4.69, 9.17) is 5.63 Å². The number of hydrogen-bond donors (Lipinski definition) is 0. The fraction of sp³-hybridized carbons (Fsp3) is 0.128. The Hall–Kier alpha value is -3.86. The predicted octanol–water partition coefficient (Wildman–Crippen LogP) is 9.79. The van der Waals surface area contributed by atoms with Crippen LogP contribution in [0.2, 0.25) is 6.55 Å². The van der Waals surface area contributed by atoms with Crippen LogP contribution in [0.3, 0.4) is 0 Å². The van der Waals surface area contributed by atoms with Gasteiger partial charge in [-0.25, -0.2) is 0 Å². The van der Waals surface area contributed by atoms with Crippen molar-refractivity contribution in [2.24, 2.45) is 0 Å². The van der Waals surface area contributed by atoms with Gasteiger partial charge in [-0.3, -0.25) is 0 Å². The van der Waals surface area contributed by atoms with Gasteiger partial charge in [0, 0.05) is 0 Å². The van der Waals surface area contributed by atoms with Gasteiger partial charge in [0.1, 0.15) is 0 Å². The molecule has 224 valence electrons. The standard InChI is InChI=1S/2C10H9.C7H8Si.2C6H5FO.Zr/c2*1-8-6-9-4-2-3-5-10(9)7-8;1-8-7-5-3-2-4-6-7;2*7-5-1-3-6(8)4-2-5;/h2*2-7H,1H3;2-6H,1H3;2*1-4,8H;/q;;;;;+2/p-2. The summed E-state index contributed by atoms with van der Waals surface area (Å²) in [5, 5.41) is 1.20. The van der Waals surface area contributed by atoms with E-state index in [1.54, 1.807) is 24.3 Å². The zero-order valence-corrected chi connectivity index (χ0v) is 29.0. The van der Waals surface area contributed by atoms with Gasteiger partial charge in [0.05, 0.1) is 0 Å². The second-order valence-corrected chi connectivity index (χ2v) is 35.2. The van der Waals surface area contributed by atoms with Crippen LogP contribution in [-0.4, -0.2) is 5.43 Å². The number of rotatable bonds is 7. The van der Waals surface area contributed by atoms with Gasteiger partial charge in [-0.2, -0.15) is 0 Å². The minimum absolute atomic E-state index is 0.184. The summed E-state index contributed by atoms with van der Waals surface area (Å²) in [5.74, 6) is 0.509. The Labute approximate surface area is 265 Å². The molecule has 0 aromatic heterocycles. The zero-order valence-electron chi connectivity index (χ0n) is 25.5. The van der Waals surface area contributed by atoms with E-state index >= 15 is 0 Å². The second kappa shape index (κ2) is 11.5. The first-order chi connectivity index (χ1) is 21.8. The van der Waals surface area contributed by atoms with E-state index in [1.807, 2.05) is 6.07 Å². The van der Waals surface area contributed by atoms with Crippen LogP contribution in [0.4, 0.5) is 8.78 Å². The van der Waals surface area contributed by atoms with Gasteiger partial charge in [0.15, 0.2) is 0 Å². The maximum atomic E-state index is 14.4. The van der Waals surface area contributed by atoms with E-state index in [1.165, 1.54) is 51.7 Å². The van der Waals surface area contributed by atoms with Crippen LogP contribution >= 0.6 is 0 Å². The van der Waals surface area contributed by atoms with Gasteiger partial charge in [0.25, 0.3) is 0 Å². The molecule has 0 aliphatic heterocycles. The first-order valence-corrected chi connectivity index (χ1v) is 25.8. The summed E-state index contributed by atoms with van der Waals surface area (Å²) in [5.41, 5.74) is 5.28. The summed E-state index contributed by atoms with van der Waals surface area (Å²) < 4.78 is 44.3. The molecule has 0 fully saturated rings. The monoisotopic (exact) mass is 690 g/mol. The molecule has 2 atom stereocenters. The molecule has 2 aliphatic carbocycles. The van der Waals surface area contributed by atoms with Crippen LogP contribution in [-0.2, 0) is 18.3 Å². The third-order valence-corrected chi connectivity index (χ3v) is 42.3. The van der Waals surface area contributed by atoms with Crippen LogP contribution in [0, 0.1) is 11.6 Å². The Balaban J connectivity index is 1.73. The van der Waals surface area contributed by atoms with Crippen molar-refractivity contribution in [1.82, 2.24) is 0 Å². The van der Waals surface area contributed by atoms with E-state index in [2.05, 4.69) is 105 Å². The zero-order chi connectivity index (χ0) is 31.2. The van der Waals surface area contributed by atoms with Crippen molar-refractivity contribution >= 4 is 22.8 Å². The molecule has 0 spiro atoms. The Morgan fingerprint density at radius 1 is 0.533 bits per heavy atom. The van der Waals surface area contributed by atoms with Crippen LogP contribution in [0.15, 0.2) is 139 Å². The molecule has 2 aliphatic rings. The molecule has 7 rings (SSSR count). The van der Waals surface area contributed by atoms with Crippen molar-refractivity contribution in [3.63, 3.8) is 0 Å². The first kappa shape index (κ1) is 29.8. The predicted molar refractivity (Wildman–Crippen MR) is 177 cm³/mol. The number of allylic oxidation sites excluding steroid dienone is 2. The number of hydrogen-bond acceptors (Lipinski definition) is 2. The summed E-state index contributed by atoms with van der Waals surface area (Å²) in [7, 11) is 0. The fourth-order valence-electron chi connectivity index (χ4n) is 7.88. The SMILES string of the molecule is CC1=Cc2ccccc2[CH]1[Zr]([O]c1ccc(F)cc1)([O]c1ccc(F)cc1)([CH]1C(C)=Cc2ccccc21)=[Si](C)c1ccccc1. The molecule has 0 N–H and O–H groups in total. The topological polar surface area (TPSA) is 18.5 Å². The summed E-state index contributed by atoms with van der Waals surface area (Å²) in [4.78, 5) is 0. The van der Waals surface area contributed by atoms with Crippen molar-refractivity contribution in [2.75, 3.05) is 0 Å². The molecule has 0 heterocycles. The Morgan fingerprint density at radius 3 is 1.38 bits per heavy atom. The molecule has 5 aromatic rings. The molecule has 0 amide bonds. The average Bonchev–Trinajstić information content (AvgIpc) is 3.59. The molecule has 0 saturated heterocycles. The summed E-state index contributed by atoms with van der Waals surface area (Å²) in [6, 6.07) is 40.4. The first-order valence-electron chi connectivity index (χ1n) is 15.3. The Bertz CT molecular complexity index is 1920. The summed E-state index contributed by atoms with van der Waals surface area (Å²) in [6.07, 6.45) is 4.55. The maximum absolute atomic E-state index is 14.4. The van der Waals surface area contributed by atoms with Gasteiger partial charge < -0.3 is 0 Å². The van der Waals surface area contributed by atoms with E-state index < -0.39 is 23.7 Å². The minimum atomic E-state index is -5.75. The molecule has 0 bridgehead atoms. The van der Waals surface area contributed by atoms with Gasteiger partial charge in [-0.05, 0) is 0 Å². The van der Waals surface area contributed by atoms with Gasteiger partial charge in [0.2, 0.25) is 0 Å². The van der Waals surface area contributed by atoms with Crippen molar-refractivity contribution in [1.29, 1.82) is 0 Å². The quantitative estimate of drug-likeness (QED) is 0.158. The molecule has 5 aromatic carbocycles. The molecule has 45 heavy (non-hydrogen) atoms. The van der Waals surface area contributed by atoms with Crippen molar-refractivity contribution in [3.8, 4) is 11.5 Å². The molecule has 0 saturated carbocycles. The molecule has 0 radical (unpaired) electrons. The molecule has 2 unspecified atom stereocenters. The fourth-order valence-corrected chi connectivity index (χ4v) is 44.3. The Morgan fingerprint density at radius 2 is 0.933 bits per heavy atom. The second-order valence-electron chi connectivity index (χ2n) is 12.2. The van der Waals surface area contributed by atoms with Crippen LogP contribution < -0.4 is 10.8 Å². The van der Waals surface area contributed by atoms with E-state index in [9.17, 15) is 8.78 Å². The molecule has 6 heteroatoms. The third kappa shape index (κ3) is 4.81. The molecular formula is C39H34F2O2SiZr. The van der Waals surface area contributed by atoms with Gasteiger partial charge in [-0.1, -0.05) is 0 Å². The molecule has 2 nitrogen and oxygen atoms in total. The Kier molecular flexibility index (Phi) is 7.62.